The molecule has 0 amide bonds. The molecule has 1 aliphatic rings. The monoisotopic (exact) mass is 646 g/mol. The van der Waals surface area contributed by atoms with Crippen LogP contribution < -0.4 is 11.5 Å². The zero-order valence-electron chi connectivity index (χ0n) is 20.0. The minimum atomic E-state index is -5.70. The number of fused-ring (bicyclic) bond motifs is 1. The molecule has 40 heavy (non-hydrogen) atoms. The van der Waals surface area contributed by atoms with Crippen molar-refractivity contribution >= 4 is 40.4 Å². The molecule has 0 saturated carbocycles. The normalized spacial score (nSPS) is 24.4. The first-order valence-electron chi connectivity index (χ1n) is 10.2. The molecular weight excluding hydrogens is 617 g/mol. The van der Waals surface area contributed by atoms with Crippen molar-refractivity contribution in [1.82, 2.24) is 19.5 Å². The van der Waals surface area contributed by atoms with E-state index in [4.69, 9.17) is 46.2 Å². The second kappa shape index (κ2) is 14.1. The number of nitrogen functional groups attached to an aromatic ring is 1. The highest BCUT2D eigenvalue weighted by Crippen LogP contribution is 2.66. The van der Waals surface area contributed by atoms with Crippen LogP contribution in [0.1, 0.15) is 6.23 Å². The number of hydrogen-bond acceptors (Lipinski definition) is 17. The molecule has 6 atom stereocenters. The van der Waals surface area contributed by atoms with E-state index in [1.807, 2.05) is 0 Å². The van der Waals surface area contributed by atoms with Crippen LogP contribution in [-0.2, 0) is 31.6 Å². The average molecular weight is 646 g/mol. The molecule has 0 radical (unpaired) electrons. The van der Waals surface area contributed by atoms with E-state index < -0.39 is 80.0 Å². The fourth-order valence-electron chi connectivity index (χ4n) is 2.77. The lowest BCUT2D eigenvalue weighted by Gasteiger charge is -2.20. The zero-order valence-corrected chi connectivity index (χ0v) is 22.6. The van der Waals surface area contributed by atoms with E-state index in [1.165, 1.54) is 10.9 Å². The van der Waals surface area contributed by atoms with Gasteiger partial charge in [0, 0.05) is 0 Å². The first-order chi connectivity index (χ1) is 17.9. The van der Waals surface area contributed by atoms with Gasteiger partial charge < -0.3 is 66.8 Å². The average Bonchev–Trinajstić information content (AvgIpc) is 3.37. The van der Waals surface area contributed by atoms with Crippen LogP contribution >= 0.6 is 23.5 Å². The van der Waals surface area contributed by atoms with Crippen molar-refractivity contribution in [2.75, 3.05) is 32.2 Å². The highest BCUT2D eigenvalue weighted by atomic mass is 31.3. The van der Waals surface area contributed by atoms with E-state index in [1.54, 1.807) is 0 Å². The molecule has 2 unspecified atom stereocenters. The molecule has 0 aliphatic carbocycles. The van der Waals surface area contributed by atoms with Gasteiger partial charge in [-0.2, -0.15) is 8.62 Å². The number of aliphatic hydroxyl groups excluding tert-OH is 5. The van der Waals surface area contributed by atoms with Gasteiger partial charge in [0.15, 0.2) is 17.7 Å². The molecule has 0 aromatic carbocycles. The number of ether oxygens (including phenoxy) is 1. The summed E-state index contributed by atoms with van der Waals surface area (Å²) in [4.78, 5) is 47.2. The number of imidazole rings is 1. The summed E-state index contributed by atoms with van der Waals surface area (Å²) in [5, 5.41) is 45.4. The Morgan fingerprint density at radius 1 is 0.950 bits per heavy atom. The maximum atomic E-state index is 11.8. The van der Waals surface area contributed by atoms with Crippen LogP contribution in [-0.4, -0.2) is 120 Å². The summed E-state index contributed by atoms with van der Waals surface area (Å²) < 4.78 is 51.9. The van der Waals surface area contributed by atoms with Gasteiger partial charge in [-0.25, -0.2) is 28.6 Å². The fourth-order valence-corrected chi connectivity index (χ4v) is 5.80. The number of nitrogens with two attached hydrogens (primary N) is 2. The number of anilines is 1. The molecule has 3 rings (SSSR count). The lowest BCUT2D eigenvalue weighted by molar-refractivity contribution is -0.0503. The number of hydrogen-bond donors (Lipinski definition) is 11. The predicted molar refractivity (Wildman–Crippen MR) is 127 cm³/mol. The third kappa shape index (κ3) is 9.77. The van der Waals surface area contributed by atoms with Crippen molar-refractivity contribution in [3.05, 3.63) is 12.7 Å². The molecule has 2 aromatic rings. The first kappa shape index (κ1) is 36.5. The van der Waals surface area contributed by atoms with Crippen LogP contribution in [0.4, 0.5) is 5.82 Å². The van der Waals surface area contributed by atoms with Gasteiger partial charge in [0.2, 0.25) is 0 Å². The van der Waals surface area contributed by atoms with E-state index in [0.717, 1.165) is 6.33 Å². The van der Waals surface area contributed by atoms with Crippen molar-refractivity contribution in [2.24, 2.45) is 5.73 Å². The summed E-state index contributed by atoms with van der Waals surface area (Å²) in [6, 6.07) is 0. The molecule has 0 spiro atoms. The van der Waals surface area contributed by atoms with Crippen LogP contribution in [0.15, 0.2) is 12.7 Å². The molecule has 3 heterocycles. The summed E-state index contributed by atoms with van der Waals surface area (Å²) >= 11 is 0. The first-order valence-corrected chi connectivity index (χ1v) is 14.7. The molecule has 1 aliphatic heterocycles. The van der Waals surface area contributed by atoms with Crippen LogP contribution in [0.2, 0.25) is 0 Å². The van der Waals surface area contributed by atoms with Gasteiger partial charge in [-0.15, -0.1) is 0 Å². The SMILES string of the molecule is NC(CO)(CO)CO.Nc1ncnc2c1ncn2[C@@H]1O[C@H](COP(=O)(O)OP(=O)(O)OP(=O)(O)O)[C@@H](O)[C@H]1O.O. The van der Waals surface area contributed by atoms with Crippen molar-refractivity contribution in [1.29, 1.82) is 0 Å². The summed E-state index contributed by atoms with van der Waals surface area (Å²) in [7, 11) is -16.7. The van der Waals surface area contributed by atoms with Gasteiger partial charge in [0.25, 0.3) is 0 Å². The Bertz CT molecular complexity index is 1250. The maximum Gasteiger partial charge on any atom is 0.490 e. The van der Waals surface area contributed by atoms with E-state index in [0.29, 0.717) is 0 Å². The lowest BCUT2D eigenvalue weighted by atomic mass is 10.1. The largest absolute Gasteiger partial charge is 0.490 e. The van der Waals surface area contributed by atoms with Gasteiger partial charge in [-0.1, -0.05) is 0 Å². The van der Waals surface area contributed by atoms with Crippen LogP contribution in [0.25, 0.3) is 11.2 Å². The predicted octanol–water partition coefficient (Wildman–Crippen LogP) is -4.79. The number of rotatable bonds is 11. The number of nitrogens with zero attached hydrogens (tertiary/aromatic N) is 4. The van der Waals surface area contributed by atoms with E-state index in [9.17, 15) is 28.8 Å². The Labute approximate surface area is 223 Å². The quantitative estimate of drug-likeness (QED) is 0.102. The van der Waals surface area contributed by atoms with Crippen molar-refractivity contribution < 1.29 is 82.2 Å². The van der Waals surface area contributed by atoms with Gasteiger partial charge in [0.1, 0.15) is 30.2 Å². The number of phosphoric acid groups is 3. The second-order valence-electron chi connectivity index (χ2n) is 7.85. The molecular formula is C14H29N6O17P3. The van der Waals surface area contributed by atoms with Crippen LogP contribution in [0.5, 0.6) is 0 Å². The van der Waals surface area contributed by atoms with Crippen molar-refractivity contribution in [3.8, 4) is 0 Å². The maximum absolute atomic E-state index is 11.8. The van der Waals surface area contributed by atoms with Crippen LogP contribution in [0, 0.1) is 0 Å². The number of aliphatic hydroxyl groups is 5. The molecule has 23 nitrogen and oxygen atoms in total. The number of aromatic nitrogens is 4. The van der Waals surface area contributed by atoms with E-state index >= 15 is 0 Å². The lowest BCUT2D eigenvalue weighted by Crippen LogP contribution is -2.50. The molecule has 0 bridgehead atoms. The van der Waals surface area contributed by atoms with E-state index in [2.05, 4.69) is 28.1 Å². The smallest absolute Gasteiger partial charge is 0.412 e. The minimum absolute atomic E-state index is 0. The fraction of sp³-hybridized carbons (Fsp3) is 0.643. The van der Waals surface area contributed by atoms with Crippen molar-refractivity contribution in [3.63, 3.8) is 0 Å². The highest BCUT2D eigenvalue weighted by molar-refractivity contribution is 7.66. The molecule has 1 saturated heterocycles. The highest BCUT2D eigenvalue weighted by Gasteiger charge is 2.47. The van der Waals surface area contributed by atoms with Gasteiger partial charge in [0.05, 0.1) is 38.3 Å². The van der Waals surface area contributed by atoms with Gasteiger partial charge in [-0.3, -0.25) is 9.09 Å². The Balaban J connectivity index is 0.000000777. The number of phosphoric ester groups is 1. The molecule has 15 N–H and O–H groups in total. The summed E-state index contributed by atoms with van der Waals surface area (Å²) in [6.45, 7) is -2.16. The molecule has 1 fully saturated rings. The van der Waals surface area contributed by atoms with Crippen LogP contribution in [0.3, 0.4) is 0 Å². The molecule has 2 aromatic heterocycles. The summed E-state index contributed by atoms with van der Waals surface area (Å²) in [6.07, 6.45) is -3.69. The third-order valence-corrected chi connectivity index (χ3v) is 8.56. The second-order valence-corrected chi connectivity index (χ2v) is 12.3. The van der Waals surface area contributed by atoms with Crippen molar-refractivity contribution in [2.45, 2.75) is 30.1 Å². The standard InChI is InChI=1S/C10H16N5O13P3.C4H11NO3.H2O/c11-8-5-9(13-2-12-8)15(3-14-5)10-7(17)6(16)4(26-10)1-25-30(21,22)28-31(23,24)27-29(18,19)20;5-4(1-6,2-7)3-8;/h2-4,6-7,10,16-17H,1H2,(H,21,22)(H,23,24)(H2,11,12,13)(H2,18,19,20);6-8H,1-3,5H2;1H2/t4-,6-,7-,10-;;/m1../s1. The molecule has 26 heteroatoms. The Morgan fingerprint density at radius 2 is 1.52 bits per heavy atom. The van der Waals surface area contributed by atoms with Gasteiger partial charge in [-0.05, 0) is 0 Å². The molecule has 232 valence electrons. The Kier molecular flexibility index (Phi) is 12.8. The Hall–Kier alpha value is -1.56. The summed E-state index contributed by atoms with van der Waals surface area (Å²) in [5.74, 6) is 0.0426. The van der Waals surface area contributed by atoms with E-state index in [-0.39, 0.29) is 22.5 Å². The zero-order chi connectivity index (χ0) is 29.8. The topological polar surface area (TPSA) is 397 Å². The third-order valence-electron chi connectivity index (χ3n) is 4.76. The Morgan fingerprint density at radius 3 is 2.02 bits per heavy atom. The van der Waals surface area contributed by atoms with Gasteiger partial charge >= 0.3 is 23.5 Å². The summed E-state index contributed by atoms with van der Waals surface area (Å²) in [5.41, 5.74) is 9.94. The minimum Gasteiger partial charge on any atom is -0.412 e.